The van der Waals surface area contributed by atoms with Crippen molar-refractivity contribution in [3.63, 3.8) is 0 Å². The Morgan fingerprint density at radius 1 is 0.208 bits per heavy atom. The smallest absolute Gasteiger partial charge is 0.000718 e. The summed E-state index contributed by atoms with van der Waals surface area (Å²) in [7, 11) is 0. The molecule has 0 unspecified atom stereocenters. The van der Waals surface area contributed by atoms with Gasteiger partial charge in [0.1, 0.15) is 0 Å². The Bertz CT molecular complexity index is 4700. The quantitative estimate of drug-likeness (QED) is 0.165. The fraction of sp³-hybridized carbons (Fsp3) is 0.0556. The van der Waals surface area contributed by atoms with Crippen LogP contribution in [0, 0.1) is 27.7 Å². The van der Waals surface area contributed by atoms with E-state index < -0.39 is 0 Å². The van der Waals surface area contributed by atoms with E-state index >= 15 is 0 Å². The molecule has 0 saturated carbocycles. The second-order valence-electron chi connectivity index (χ2n) is 20.7. The van der Waals surface area contributed by atoms with Crippen LogP contribution in [0.2, 0.25) is 0 Å². The maximum Gasteiger partial charge on any atom is -0.000718 e. The number of rotatable bonds is 4. The standard InChI is InChI=1S/C72H46/c1-39-28-29-48-45(36-39)37-40(2)38-61(48)51-32-35-60-68-54(51)24-15-27-57(68)70-64(43-16-7-5-8-17-43)69-56-26-14-23-53-50(31-34-59(67(53)56)71(69)65(72(60)70)44-18-9-6-10-19-44)49-30-33-58-63-42(4)47-21-12-11-20-46(47)41(3)62(63)55-25-13-22-52(49)66(55)58/h5-38H,1-4H3. The Labute approximate surface area is 417 Å². The molecule has 1 aliphatic rings. The highest BCUT2D eigenvalue weighted by molar-refractivity contribution is 6.47. The lowest BCUT2D eigenvalue weighted by Crippen LogP contribution is -1.90. The van der Waals surface area contributed by atoms with E-state index in [0.717, 1.165) is 0 Å². The summed E-state index contributed by atoms with van der Waals surface area (Å²) in [6.45, 7) is 9.06. The third kappa shape index (κ3) is 5.11. The molecule has 0 saturated heterocycles. The molecule has 72 heavy (non-hydrogen) atoms. The highest BCUT2D eigenvalue weighted by Gasteiger charge is 2.31. The lowest BCUT2D eigenvalue weighted by atomic mass is 9.87. The van der Waals surface area contributed by atoms with Gasteiger partial charge in [0.05, 0.1) is 0 Å². The Morgan fingerprint density at radius 3 is 1.15 bits per heavy atom. The van der Waals surface area contributed by atoms with Gasteiger partial charge in [0.15, 0.2) is 0 Å². The first-order valence-corrected chi connectivity index (χ1v) is 25.5. The third-order valence-electron chi connectivity index (χ3n) is 16.9. The van der Waals surface area contributed by atoms with E-state index in [1.165, 1.54) is 186 Å². The van der Waals surface area contributed by atoms with Crippen LogP contribution in [0.4, 0.5) is 0 Å². The summed E-state index contributed by atoms with van der Waals surface area (Å²) in [5.41, 5.74) is 21.0. The van der Waals surface area contributed by atoms with Gasteiger partial charge in [-0.25, -0.2) is 0 Å². The molecule has 0 fully saturated rings. The van der Waals surface area contributed by atoms with Crippen LogP contribution < -0.4 is 0 Å². The number of hydrogen-bond acceptors (Lipinski definition) is 0. The fourth-order valence-corrected chi connectivity index (χ4v) is 14.1. The van der Waals surface area contributed by atoms with Crippen molar-refractivity contribution in [1.29, 1.82) is 0 Å². The van der Waals surface area contributed by atoms with Gasteiger partial charge in [-0.1, -0.05) is 212 Å². The zero-order valence-electron chi connectivity index (χ0n) is 40.6. The zero-order valence-corrected chi connectivity index (χ0v) is 40.6. The summed E-state index contributed by atoms with van der Waals surface area (Å²) in [5, 5.41) is 23.8. The molecule has 0 heteroatoms. The predicted molar refractivity (Wildman–Crippen MR) is 311 cm³/mol. The van der Waals surface area contributed by atoms with Gasteiger partial charge in [-0.05, 0) is 208 Å². The Morgan fingerprint density at radius 2 is 0.597 bits per heavy atom. The fourth-order valence-electron chi connectivity index (χ4n) is 14.1. The van der Waals surface area contributed by atoms with Crippen LogP contribution in [-0.4, -0.2) is 0 Å². The molecule has 16 rings (SSSR count). The molecule has 15 aromatic rings. The SMILES string of the molecule is Cc1ccc2c(-c3ccc4c5c(-c6ccccc6)c6c7ccc(-c8ccc9c%10c(cccc8%10)-c8c-9c(C)c9ccccc9c8C)c8cccc(c6c(-c6ccccc6)c5c5cccc3c54)c87)cc(C)cc2c1. The minimum absolute atomic E-state index is 1.24. The summed E-state index contributed by atoms with van der Waals surface area (Å²) in [5.74, 6) is 0. The van der Waals surface area contributed by atoms with Crippen LogP contribution >= 0.6 is 0 Å². The van der Waals surface area contributed by atoms with Crippen molar-refractivity contribution in [3.05, 3.63) is 229 Å². The van der Waals surface area contributed by atoms with Crippen molar-refractivity contribution in [2.45, 2.75) is 27.7 Å². The first kappa shape index (κ1) is 39.9. The van der Waals surface area contributed by atoms with E-state index in [-0.39, 0.29) is 0 Å². The zero-order chi connectivity index (χ0) is 47.7. The van der Waals surface area contributed by atoms with Crippen LogP contribution in [0.25, 0.3) is 164 Å². The first-order chi connectivity index (χ1) is 35.4. The number of hydrogen-bond donors (Lipinski definition) is 0. The lowest BCUT2D eigenvalue weighted by molar-refractivity contribution is 1.47. The summed E-state index contributed by atoms with van der Waals surface area (Å²) in [6.07, 6.45) is 0. The molecule has 0 radical (unpaired) electrons. The molecule has 0 atom stereocenters. The highest BCUT2D eigenvalue weighted by atomic mass is 14.3. The van der Waals surface area contributed by atoms with Crippen molar-refractivity contribution in [2.24, 2.45) is 0 Å². The van der Waals surface area contributed by atoms with Crippen LogP contribution in [0.3, 0.4) is 0 Å². The van der Waals surface area contributed by atoms with Crippen LogP contribution in [0.15, 0.2) is 206 Å². The van der Waals surface area contributed by atoms with Gasteiger partial charge in [0.25, 0.3) is 0 Å². The van der Waals surface area contributed by atoms with Crippen LogP contribution in [-0.2, 0) is 0 Å². The van der Waals surface area contributed by atoms with Gasteiger partial charge >= 0.3 is 0 Å². The topological polar surface area (TPSA) is 0 Å². The lowest BCUT2D eigenvalue weighted by Gasteiger charge is -2.15. The van der Waals surface area contributed by atoms with Gasteiger partial charge in [0.2, 0.25) is 0 Å². The number of benzene rings is 13. The van der Waals surface area contributed by atoms with E-state index in [1.54, 1.807) is 0 Å². The maximum absolute atomic E-state index is 2.46. The summed E-state index contributed by atoms with van der Waals surface area (Å²) in [6, 6.07) is 78.8. The Hall–Kier alpha value is -8.84. The minimum Gasteiger partial charge on any atom is -0.0622 e. The van der Waals surface area contributed by atoms with Crippen molar-refractivity contribution in [3.8, 4) is 66.8 Å². The first-order valence-electron chi connectivity index (χ1n) is 25.5. The molecular weight excluding hydrogens is 865 g/mol. The predicted octanol–water partition coefficient (Wildman–Crippen LogP) is 20.5. The monoisotopic (exact) mass is 910 g/mol. The van der Waals surface area contributed by atoms with Gasteiger partial charge in [-0.15, -0.1) is 0 Å². The van der Waals surface area contributed by atoms with E-state index in [0.29, 0.717) is 0 Å². The van der Waals surface area contributed by atoms with E-state index in [2.05, 4.69) is 234 Å². The van der Waals surface area contributed by atoms with Gasteiger partial charge in [-0.3, -0.25) is 0 Å². The van der Waals surface area contributed by atoms with Gasteiger partial charge in [0, 0.05) is 0 Å². The van der Waals surface area contributed by atoms with Crippen molar-refractivity contribution < 1.29 is 0 Å². The second kappa shape index (κ2) is 14.4. The minimum atomic E-state index is 1.24. The van der Waals surface area contributed by atoms with E-state index in [9.17, 15) is 0 Å². The molecule has 15 aromatic carbocycles. The normalized spacial score (nSPS) is 12.4. The summed E-state index contributed by atoms with van der Waals surface area (Å²) < 4.78 is 0. The van der Waals surface area contributed by atoms with Gasteiger partial charge in [-0.2, -0.15) is 0 Å². The van der Waals surface area contributed by atoms with Crippen LogP contribution in [0.5, 0.6) is 0 Å². The van der Waals surface area contributed by atoms with Crippen molar-refractivity contribution >= 4 is 97.0 Å². The molecule has 0 N–H and O–H groups in total. The van der Waals surface area contributed by atoms with Crippen molar-refractivity contribution in [1.82, 2.24) is 0 Å². The molecule has 0 bridgehead atoms. The summed E-state index contributed by atoms with van der Waals surface area (Å²) >= 11 is 0. The molecule has 0 aromatic heterocycles. The summed E-state index contributed by atoms with van der Waals surface area (Å²) in [4.78, 5) is 0. The largest absolute Gasteiger partial charge is 0.0622 e. The molecule has 334 valence electrons. The molecule has 1 aliphatic carbocycles. The Kier molecular flexibility index (Phi) is 7.98. The molecule has 0 nitrogen and oxygen atoms in total. The molecule has 0 heterocycles. The van der Waals surface area contributed by atoms with E-state index in [1.807, 2.05) is 0 Å². The molecule has 0 aliphatic heterocycles. The number of fused-ring (bicyclic) bond motifs is 11. The molecular formula is C72H46. The number of aryl methyl sites for hydroxylation is 4. The van der Waals surface area contributed by atoms with Crippen molar-refractivity contribution in [2.75, 3.05) is 0 Å². The highest BCUT2D eigenvalue weighted by Crippen LogP contribution is 2.58. The second-order valence-corrected chi connectivity index (χ2v) is 20.7. The Balaban J connectivity index is 1.03. The maximum atomic E-state index is 2.46. The third-order valence-corrected chi connectivity index (χ3v) is 16.9. The van der Waals surface area contributed by atoms with Crippen LogP contribution in [0.1, 0.15) is 22.3 Å². The average molecular weight is 911 g/mol. The molecule has 0 amide bonds. The van der Waals surface area contributed by atoms with Gasteiger partial charge < -0.3 is 0 Å². The average Bonchev–Trinajstić information content (AvgIpc) is 4.07. The van der Waals surface area contributed by atoms with E-state index in [4.69, 9.17) is 0 Å². The molecule has 0 spiro atoms.